The molecular formula is C15H24F3N3O. The summed E-state index contributed by atoms with van der Waals surface area (Å²) in [6, 6.07) is 0. The molecule has 0 aliphatic heterocycles. The van der Waals surface area contributed by atoms with Gasteiger partial charge in [-0.2, -0.15) is 18.3 Å². The lowest BCUT2D eigenvalue weighted by Crippen LogP contribution is -2.39. The quantitative estimate of drug-likeness (QED) is 0.840. The average molecular weight is 319 g/mol. The second-order valence-corrected chi connectivity index (χ2v) is 6.18. The molecule has 0 atom stereocenters. The molecule has 0 spiro atoms. The zero-order valence-corrected chi connectivity index (χ0v) is 13.2. The number of nitrogens with zero attached hydrogens (tertiary/aromatic N) is 3. The molecule has 0 aromatic carbocycles. The maximum Gasteiger partial charge on any atom is 0.401 e. The predicted octanol–water partition coefficient (Wildman–Crippen LogP) is 2.66. The van der Waals surface area contributed by atoms with E-state index < -0.39 is 12.7 Å². The molecule has 1 aromatic rings. The van der Waals surface area contributed by atoms with E-state index in [0.29, 0.717) is 19.0 Å². The molecule has 22 heavy (non-hydrogen) atoms. The van der Waals surface area contributed by atoms with Crippen LogP contribution in [0.2, 0.25) is 0 Å². The van der Waals surface area contributed by atoms with E-state index in [1.54, 1.807) is 4.68 Å². The normalized spacial score (nSPS) is 16.3. The molecule has 1 N–H and O–H groups in total. The zero-order chi connectivity index (χ0) is 16.3. The minimum absolute atomic E-state index is 0.0320. The summed E-state index contributed by atoms with van der Waals surface area (Å²) in [6.45, 7) is 3.87. The van der Waals surface area contributed by atoms with Gasteiger partial charge in [0.1, 0.15) is 0 Å². The van der Waals surface area contributed by atoms with Crippen LogP contribution in [-0.4, -0.2) is 45.7 Å². The lowest BCUT2D eigenvalue weighted by atomic mass is 9.85. The van der Waals surface area contributed by atoms with E-state index in [4.69, 9.17) is 5.11 Å². The minimum Gasteiger partial charge on any atom is -0.394 e. The Morgan fingerprint density at radius 1 is 1.32 bits per heavy atom. The van der Waals surface area contributed by atoms with Crippen molar-refractivity contribution in [3.8, 4) is 0 Å². The molecule has 1 saturated carbocycles. The van der Waals surface area contributed by atoms with Crippen LogP contribution in [0.15, 0.2) is 0 Å². The molecule has 7 heteroatoms. The number of alkyl halides is 3. The molecule has 0 unspecified atom stereocenters. The lowest BCUT2D eigenvalue weighted by molar-refractivity contribution is -0.149. The van der Waals surface area contributed by atoms with Crippen molar-refractivity contribution in [2.45, 2.75) is 52.4 Å². The van der Waals surface area contributed by atoms with Crippen molar-refractivity contribution in [2.75, 3.05) is 19.7 Å². The Labute approximate surface area is 128 Å². The summed E-state index contributed by atoms with van der Waals surface area (Å²) in [6.07, 6.45) is -1.02. The van der Waals surface area contributed by atoms with Crippen LogP contribution in [0.1, 0.15) is 36.2 Å². The molecule has 1 fully saturated rings. The number of halogens is 3. The third-order valence-corrected chi connectivity index (χ3v) is 4.37. The van der Waals surface area contributed by atoms with Crippen molar-refractivity contribution in [3.05, 3.63) is 17.0 Å². The molecule has 1 heterocycles. The second-order valence-electron chi connectivity index (χ2n) is 6.18. The van der Waals surface area contributed by atoms with E-state index in [0.717, 1.165) is 36.2 Å². The molecule has 126 valence electrons. The number of aliphatic hydroxyl groups excluding tert-OH is 1. The van der Waals surface area contributed by atoms with Crippen LogP contribution in [0.25, 0.3) is 0 Å². The molecule has 1 aliphatic carbocycles. The molecular weight excluding hydrogens is 295 g/mol. The van der Waals surface area contributed by atoms with Crippen LogP contribution in [-0.2, 0) is 13.1 Å². The molecule has 2 rings (SSSR count). The summed E-state index contributed by atoms with van der Waals surface area (Å²) in [4.78, 5) is 1.49. The monoisotopic (exact) mass is 319 g/mol. The highest BCUT2D eigenvalue weighted by molar-refractivity contribution is 5.24. The number of aromatic nitrogens is 2. The molecule has 0 radical (unpaired) electrons. The van der Waals surface area contributed by atoms with Gasteiger partial charge >= 0.3 is 6.18 Å². The smallest absolute Gasteiger partial charge is 0.394 e. The van der Waals surface area contributed by atoms with Crippen LogP contribution in [0, 0.1) is 19.8 Å². The topological polar surface area (TPSA) is 41.3 Å². The van der Waals surface area contributed by atoms with Crippen LogP contribution in [0.3, 0.4) is 0 Å². The Hall–Kier alpha value is -1.08. The highest BCUT2D eigenvalue weighted by Crippen LogP contribution is 2.29. The average Bonchev–Trinajstić information content (AvgIpc) is 2.60. The van der Waals surface area contributed by atoms with Gasteiger partial charge < -0.3 is 5.11 Å². The molecule has 1 aliphatic rings. The Morgan fingerprint density at radius 3 is 2.50 bits per heavy atom. The van der Waals surface area contributed by atoms with Gasteiger partial charge in [0, 0.05) is 24.3 Å². The van der Waals surface area contributed by atoms with Gasteiger partial charge in [0.15, 0.2) is 0 Å². The van der Waals surface area contributed by atoms with E-state index in [1.807, 2.05) is 13.8 Å². The number of aliphatic hydroxyl groups is 1. The fourth-order valence-corrected chi connectivity index (χ4v) is 2.98. The SMILES string of the molecule is Cc1nn(CCO)c(C)c1CN(CC1CCC1)CC(F)(F)F. The van der Waals surface area contributed by atoms with Gasteiger partial charge in [-0.3, -0.25) is 9.58 Å². The van der Waals surface area contributed by atoms with Crippen molar-refractivity contribution in [1.29, 1.82) is 0 Å². The maximum absolute atomic E-state index is 12.8. The van der Waals surface area contributed by atoms with E-state index in [9.17, 15) is 13.2 Å². The Balaban J connectivity index is 2.11. The van der Waals surface area contributed by atoms with Crippen LogP contribution in [0.5, 0.6) is 0 Å². The number of aryl methyl sites for hydroxylation is 1. The Kier molecular flexibility index (Phi) is 5.50. The third-order valence-electron chi connectivity index (χ3n) is 4.37. The van der Waals surface area contributed by atoms with Gasteiger partial charge in [0.25, 0.3) is 0 Å². The van der Waals surface area contributed by atoms with Gasteiger partial charge in [0.2, 0.25) is 0 Å². The molecule has 0 saturated heterocycles. The Morgan fingerprint density at radius 2 is 2.00 bits per heavy atom. The fourth-order valence-electron chi connectivity index (χ4n) is 2.98. The highest BCUT2D eigenvalue weighted by Gasteiger charge is 2.33. The first-order valence-electron chi connectivity index (χ1n) is 7.73. The van der Waals surface area contributed by atoms with Crippen molar-refractivity contribution < 1.29 is 18.3 Å². The van der Waals surface area contributed by atoms with E-state index in [-0.39, 0.29) is 13.2 Å². The molecule has 4 nitrogen and oxygen atoms in total. The molecule has 0 bridgehead atoms. The first-order valence-corrected chi connectivity index (χ1v) is 7.73. The minimum atomic E-state index is -4.19. The lowest BCUT2D eigenvalue weighted by Gasteiger charge is -2.32. The van der Waals surface area contributed by atoms with E-state index >= 15 is 0 Å². The van der Waals surface area contributed by atoms with Crippen LogP contribution < -0.4 is 0 Å². The second kappa shape index (κ2) is 7.00. The summed E-state index contributed by atoms with van der Waals surface area (Å²) in [5.74, 6) is 0.385. The van der Waals surface area contributed by atoms with Gasteiger partial charge in [-0.25, -0.2) is 0 Å². The molecule has 1 aromatic heterocycles. The van der Waals surface area contributed by atoms with Crippen LogP contribution in [0.4, 0.5) is 13.2 Å². The van der Waals surface area contributed by atoms with Gasteiger partial charge in [0.05, 0.1) is 25.4 Å². The van der Waals surface area contributed by atoms with Crippen LogP contribution >= 0.6 is 0 Å². The van der Waals surface area contributed by atoms with Gasteiger partial charge in [-0.15, -0.1) is 0 Å². The van der Waals surface area contributed by atoms with Crippen molar-refractivity contribution >= 4 is 0 Å². The largest absolute Gasteiger partial charge is 0.401 e. The molecule has 0 amide bonds. The maximum atomic E-state index is 12.8. The summed E-state index contributed by atoms with van der Waals surface area (Å²) >= 11 is 0. The number of hydrogen-bond donors (Lipinski definition) is 1. The summed E-state index contributed by atoms with van der Waals surface area (Å²) in [5, 5.41) is 13.3. The van der Waals surface area contributed by atoms with E-state index in [1.165, 1.54) is 4.90 Å². The third kappa shape index (κ3) is 4.46. The summed E-state index contributed by atoms with van der Waals surface area (Å²) in [7, 11) is 0. The Bertz CT molecular complexity index is 495. The van der Waals surface area contributed by atoms with Gasteiger partial charge in [-0.1, -0.05) is 6.42 Å². The fraction of sp³-hybridized carbons (Fsp3) is 0.800. The standard InChI is InChI=1S/C15H24F3N3O/c1-11-14(12(2)21(19-11)6-7-22)9-20(10-15(16,17)18)8-13-4-3-5-13/h13,22H,3-10H2,1-2H3. The predicted molar refractivity (Wildman–Crippen MR) is 77.5 cm³/mol. The first kappa shape index (κ1) is 17.3. The summed E-state index contributed by atoms with van der Waals surface area (Å²) in [5.41, 5.74) is 2.43. The van der Waals surface area contributed by atoms with Crippen molar-refractivity contribution in [2.24, 2.45) is 5.92 Å². The zero-order valence-electron chi connectivity index (χ0n) is 13.2. The number of hydrogen-bond acceptors (Lipinski definition) is 3. The summed E-state index contributed by atoms with van der Waals surface area (Å²) < 4.78 is 40.1. The van der Waals surface area contributed by atoms with Crippen molar-refractivity contribution in [3.63, 3.8) is 0 Å². The first-order chi connectivity index (χ1) is 10.3. The number of rotatable bonds is 7. The van der Waals surface area contributed by atoms with E-state index in [2.05, 4.69) is 5.10 Å². The van der Waals surface area contributed by atoms with Crippen molar-refractivity contribution in [1.82, 2.24) is 14.7 Å². The highest BCUT2D eigenvalue weighted by atomic mass is 19.4. The van der Waals surface area contributed by atoms with Gasteiger partial charge in [-0.05, 0) is 32.6 Å².